The molecular weight excluding hydrogens is 412 g/mol. The van der Waals surface area contributed by atoms with Crippen molar-refractivity contribution in [3.8, 4) is 11.1 Å². The first-order chi connectivity index (χ1) is 16.0. The Morgan fingerprint density at radius 3 is 2.61 bits per heavy atom. The standard InChI is InChI=1S/C27H30N4O2/c1-17-4-7-24(30-27(32)23-10-22(13-28-14-23)20-5-6-20)12-25(17)21-8-9-29-26(11-21)31-15-18(2)33-19(3)16-31/h4,7-14,18-20H,5-6,15-16H2,1-3H3,(H,30,32)/t18-,19+. The van der Waals surface area contributed by atoms with E-state index in [1.165, 1.54) is 12.8 Å². The van der Waals surface area contributed by atoms with Crippen LogP contribution in [0.15, 0.2) is 55.0 Å². The molecule has 1 aromatic carbocycles. The number of aryl methyl sites for hydroxylation is 1. The highest BCUT2D eigenvalue weighted by Gasteiger charge is 2.25. The topological polar surface area (TPSA) is 67.4 Å². The molecular formula is C27H30N4O2. The number of anilines is 2. The molecule has 1 saturated carbocycles. The highest BCUT2D eigenvalue weighted by Crippen LogP contribution is 2.39. The van der Waals surface area contributed by atoms with Crippen LogP contribution in [0.1, 0.15) is 54.1 Å². The van der Waals surface area contributed by atoms with Crippen LogP contribution in [0, 0.1) is 6.92 Å². The van der Waals surface area contributed by atoms with Crippen molar-refractivity contribution in [1.29, 1.82) is 0 Å². The zero-order valence-corrected chi connectivity index (χ0v) is 19.4. The molecule has 5 rings (SSSR count). The Hall–Kier alpha value is -3.25. The number of carbonyl (C=O) groups excluding carboxylic acids is 1. The minimum atomic E-state index is -0.133. The van der Waals surface area contributed by atoms with E-state index in [1.807, 2.05) is 42.7 Å². The fourth-order valence-electron chi connectivity index (χ4n) is 4.56. The van der Waals surface area contributed by atoms with Gasteiger partial charge in [-0.2, -0.15) is 0 Å². The van der Waals surface area contributed by atoms with Gasteiger partial charge in [-0.05, 0) is 92.1 Å². The van der Waals surface area contributed by atoms with E-state index >= 15 is 0 Å². The molecule has 6 heteroatoms. The van der Waals surface area contributed by atoms with Crippen molar-refractivity contribution in [1.82, 2.24) is 9.97 Å². The number of nitrogens with one attached hydrogen (secondary N) is 1. The second-order valence-corrected chi connectivity index (χ2v) is 9.33. The van der Waals surface area contributed by atoms with Crippen molar-refractivity contribution >= 4 is 17.4 Å². The monoisotopic (exact) mass is 442 g/mol. The van der Waals surface area contributed by atoms with Gasteiger partial charge in [0.15, 0.2) is 0 Å². The van der Waals surface area contributed by atoms with Gasteiger partial charge in [0.05, 0.1) is 17.8 Å². The quantitative estimate of drug-likeness (QED) is 0.589. The van der Waals surface area contributed by atoms with Gasteiger partial charge in [-0.1, -0.05) is 6.07 Å². The lowest BCUT2D eigenvalue weighted by Crippen LogP contribution is -2.45. The third-order valence-electron chi connectivity index (χ3n) is 6.37. The number of amides is 1. The number of ether oxygens (including phenoxy) is 1. The number of morpholine rings is 1. The van der Waals surface area contributed by atoms with Crippen molar-refractivity contribution in [3.63, 3.8) is 0 Å². The van der Waals surface area contributed by atoms with Crippen molar-refractivity contribution < 1.29 is 9.53 Å². The van der Waals surface area contributed by atoms with E-state index in [0.717, 1.165) is 46.8 Å². The van der Waals surface area contributed by atoms with Gasteiger partial charge in [0.1, 0.15) is 5.82 Å². The average molecular weight is 443 g/mol. The van der Waals surface area contributed by atoms with Crippen LogP contribution >= 0.6 is 0 Å². The summed E-state index contributed by atoms with van der Waals surface area (Å²) in [6, 6.07) is 12.1. The number of hydrogen-bond donors (Lipinski definition) is 1. The minimum Gasteiger partial charge on any atom is -0.372 e. The Morgan fingerprint density at radius 1 is 1.06 bits per heavy atom. The molecule has 3 heterocycles. The molecule has 6 nitrogen and oxygen atoms in total. The zero-order valence-electron chi connectivity index (χ0n) is 19.4. The summed E-state index contributed by atoms with van der Waals surface area (Å²) in [5, 5.41) is 3.05. The van der Waals surface area contributed by atoms with Crippen LogP contribution in [0.4, 0.5) is 11.5 Å². The van der Waals surface area contributed by atoms with E-state index in [-0.39, 0.29) is 18.1 Å². The molecule has 0 unspecified atom stereocenters. The predicted molar refractivity (Wildman–Crippen MR) is 131 cm³/mol. The lowest BCUT2D eigenvalue weighted by molar-refractivity contribution is -0.00545. The fourth-order valence-corrected chi connectivity index (χ4v) is 4.56. The van der Waals surface area contributed by atoms with Crippen LogP contribution in [-0.4, -0.2) is 41.2 Å². The third kappa shape index (κ3) is 4.91. The van der Waals surface area contributed by atoms with Gasteiger partial charge in [-0.15, -0.1) is 0 Å². The fraction of sp³-hybridized carbons (Fsp3) is 0.370. The number of pyridine rings is 2. The van der Waals surface area contributed by atoms with Crippen LogP contribution in [0.25, 0.3) is 11.1 Å². The lowest BCUT2D eigenvalue weighted by atomic mass is 10.00. The number of aromatic nitrogens is 2. The SMILES string of the molecule is Cc1ccc(NC(=O)c2cncc(C3CC3)c2)cc1-c1ccnc(N2C[C@@H](C)O[C@@H](C)C2)c1. The van der Waals surface area contributed by atoms with Crippen molar-refractivity contribution in [2.75, 3.05) is 23.3 Å². The summed E-state index contributed by atoms with van der Waals surface area (Å²) >= 11 is 0. The van der Waals surface area contributed by atoms with E-state index in [2.05, 4.69) is 47.0 Å². The molecule has 1 saturated heterocycles. The molecule has 0 bridgehead atoms. The van der Waals surface area contributed by atoms with Crippen LogP contribution in [0.5, 0.6) is 0 Å². The first-order valence-corrected chi connectivity index (χ1v) is 11.7. The molecule has 0 spiro atoms. The smallest absolute Gasteiger partial charge is 0.257 e. The maximum absolute atomic E-state index is 12.9. The second kappa shape index (κ2) is 8.94. The molecule has 2 fully saturated rings. The van der Waals surface area contributed by atoms with E-state index in [9.17, 15) is 4.79 Å². The molecule has 1 amide bonds. The molecule has 3 aromatic rings. The van der Waals surface area contributed by atoms with Gasteiger partial charge in [0.2, 0.25) is 0 Å². The van der Waals surface area contributed by atoms with E-state index < -0.39 is 0 Å². The van der Waals surface area contributed by atoms with Gasteiger partial charge in [-0.3, -0.25) is 9.78 Å². The number of nitrogens with zero attached hydrogens (tertiary/aromatic N) is 3. The Bertz CT molecular complexity index is 1160. The molecule has 1 aliphatic heterocycles. The van der Waals surface area contributed by atoms with Crippen LogP contribution in [-0.2, 0) is 4.74 Å². The maximum atomic E-state index is 12.9. The molecule has 33 heavy (non-hydrogen) atoms. The van der Waals surface area contributed by atoms with Crippen LogP contribution < -0.4 is 10.2 Å². The normalized spacial score (nSPS) is 20.5. The largest absolute Gasteiger partial charge is 0.372 e. The molecule has 170 valence electrons. The van der Waals surface area contributed by atoms with Gasteiger partial charge in [-0.25, -0.2) is 4.98 Å². The molecule has 1 aliphatic carbocycles. The summed E-state index contributed by atoms with van der Waals surface area (Å²) < 4.78 is 5.87. The third-order valence-corrected chi connectivity index (χ3v) is 6.37. The lowest BCUT2D eigenvalue weighted by Gasteiger charge is -2.36. The summed E-state index contributed by atoms with van der Waals surface area (Å²) in [5.41, 5.74) is 5.83. The summed E-state index contributed by atoms with van der Waals surface area (Å²) in [6.07, 6.45) is 8.08. The number of rotatable bonds is 5. The summed E-state index contributed by atoms with van der Waals surface area (Å²) in [5.74, 6) is 1.38. The molecule has 0 radical (unpaired) electrons. The Balaban J connectivity index is 1.38. The number of benzene rings is 1. The van der Waals surface area contributed by atoms with Crippen molar-refractivity contribution in [2.24, 2.45) is 0 Å². The number of carbonyl (C=O) groups is 1. The Kier molecular flexibility index (Phi) is 5.85. The zero-order chi connectivity index (χ0) is 22.9. The highest BCUT2D eigenvalue weighted by molar-refractivity contribution is 6.04. The maximum Gasteiger partial charge on any atom is 0.257 e. The van der Waals surface area contributed by atoms with Crippen LogP contribution in [0.2, 0.25) is 0 Å². The molecule has 2 aliphatic rings. The van der Waals surface area contributed by atoms with Gasteiger partial charge >= 0.3 is 0 Å². The van der Waals surface area contributed by atoms with Crippen LogP contribution in [0.3, 0.4) is 0 Å². The van der Waals surface area contributed by atoms with Crippen molar-refractivity contribution in [3.05, 3.63) is 71.7 Å². The summed E-state index contributed by atoms with van der Waals surface area (Å²) in [6.45, 7) is 7.92. The summed E-state index contributed by atoms with van der Waals surface area (Å²) in [4.78, 5) is 24.1. The van der Waals surface area contributed by atoms with Gasteiger partial charge in [0.25, 0.3) is 5.91 Å². The van der Waals surface area contributed by atoms with E-state index in [4.69, 9.17) is 4.74 Å². The molecule has 2 atom stereocenters. The Labute approximate surface area is 195 Å². The first-order valence-electron chi connectivity index (χ1n) is 11.7. The molecule has 1 N–H and O–H groups in total. The van der Waals surface area contributed by atoms with E-state index in [1.54, 1.807) is 6.20 Å². The first kappa shape index (κ1) is 21.6. The highest BCUT2D eigenvalue weighted by atomic mass is 16.5. The predicted octanol–water partition coefficient (Wildman–Crippen LogP) is 5.20. The minimum absolute atomic E-state index is 0.133. The Morgan fingerprint density at radius 2 is 1.85 bits per heavy atom. The van der Waals surface area contributed by atoms with Gasteiger partial charge < -0.3 is 15.0 Å². The van der Waals surface area contributed by atoms with Crippen molar-refractivity contribution in [2.45, 2.75) is 51.7 Å². The van der Waals surface area contributed by atoms with E-state index in [0.29, 0.717) is 11.5 Å². The van der Waals surface area contributed by atoms with Gasteiger partial charge in [0, 0.05) is 37.4 Å². The number of hydrogen-bond acceptors (Lipinski definition) is 5. The summed E-state index contributed by atoms with van der Waals surface area (Å²) in [7, 11) is 0. The molecule has 2 aromatic heterocycles. The average Bonchev–Trinajstić information content (AvgIpc) is 3.65. The second-order valence-electron chi connectivity index (χ2n) is 9.33.